The quantitative estimate of drug-likeness (QED) is 0.708. The number of rotatable bonds is 6. The molecule has 0 bridgehead atoms. The highest BCUT2D eigenvalue weighted by Gasteiger charge is 2.05. The van der Waals surface area contributed by atoms with E-state index in [9.17, 15) is 4.39 Å². The summed E-state index contributed by atoms with van der Waals surface area (Å²) in [6.45, 7) is 3.06. The van der Waals surface area contributed by atoms with Crippen LogP contribution in [0.2, 0.25) is 5.02 Å². The lowest BCUT2D eigenvalue weighted by molar-refractivity contribution is 0.317. The summed E-state index contributed by atoms with van der Waals surface area (Å²) in [5.74, 6) is 0.428. The van der Waals surface area contributed by atoms with Gasteiger partial charge in [-0.1, -0.05) is 34.5 Å². The van der Waals surface area contributed by atoms with E-state index >= 15 is 0 Å². The van der Waals surface area contributed by atoms with E-state index < -0.39 is 0 Å². The van der Waals surface area contributed by atoms with E-state index in [-0.39, 0.29) is 5.82 Å². The second-order valence-electron chi connectivity index (χ2n) is 4.58. The van der Waals surface area contributed by atoms with Gasteiger partial charge in [-0.25, -0.2) is 4.39 Å². The van der Waals surface area contributed by atoms with Crippen molar-refractivity contribution in [3.63, 3.8) is 0 Å². The van der Waals surface area contributed by atoms with Gasteiger partial charge in [0.2, 0.25) is 0 Å². The third-order valence-electron chi connectivity index (χ3n) is 2.88. The van der Waals surface area contributed by atoms with Gasteiger partial charge >= 0.3 is 0 Å². The lowest BCUT2D eigenvalue weighted by Crippen LogP contribution is -2.02. The first-order valence-electron chi connectivity index (χ1n) is 6.70. The Hall–Kier alpha value is -1.26. The van der Waals surface area contributed by atoms with E-state index in [1.54, 1.807) is 18.2 Å². The van der Waals surface area contributed by atoms with E-state index in [1.807, 2.05) is 19.1 Å². The Morgan fingerprint density at radius 3 is 2.76 bits per heavy atom. The summed E-state index contributed by atoms with van der Waals surface area (Å²) < 4.78 is 20.0. The van der Waals surface area contributed by atoms with E-state index in [2.05, 4.69) is 21.2 Å². The van der Waals surface area contributed by atoms with Gasteiger partial charge in [0.15, 0.2) is 0 Å². The Kier molecular flexibility index (Phi) is 5.88. The molecule has 0 radical (unpaired) electrons. The highest BCUT2D eigenvalue weighted by Crippen LogP contribution is 2.28. The summed E-state index contributed by atoms with van der Waals surface area (Å²) in [5.41, 5.74) is 1.41. The Morgan fingerprint density at radius 1 is 1.24 bits per heavy atom. The van der Waals surface area contributed by atoms with Gasteiger partial charge in [-0.2, -0.15) is 0 Å². The fourth-order valence-corrected chi connectivity index (χ4v) is 2.46. The van der Waals surface area contributed by atoms with Gasteiger partial charge in [-0.3, -0.25) is 0 Å². The van der Waals surface area contributed by atoms with Gasteiger partial charge in [0.1, 0.15) is 11.6 Å². The minimum Gasteiger partial charge on any atom is -0.492 e. The van der Waals surface area contributed by atoms with Crippen molar-refractivity contribution in [1.29, 1.82) is 0 Å². The Morgan fingerprint density at radius 2 is 2.05 bits per heavy atom. The third kappa shape index (κ3) is 4.61. The maximum Gasteiger partial charge on any atom is 0.138 e. The molecule has 0 amide bonds. The number of ether oxygens (including phenoxy) is 1. The molecular weight excluding hydrogens is 357 g/mol. The predicted molar refractivity (Wildman–Crippen MR) is 88.7 cm³/mol. The molecule has 21 heavy (non-hydrogen) atoms. The van der Waals surface area contributed by atoms with Crippen molar-refractivity contribution in [3.8, 4) is 5.75 Å². The normalized spacial score (nSPS) is 10.5. The molecule has 0 aliphatic rings. The molecule has 0 spiro atoms. The Bertz CT molecular complexity index is 621. The SMILES string of the molecule is CCCOc1ccc(NCc2cc(Br)ccc2F)cc1Cl. The van der Waals surface area contributed by atoms with Crippen LogP contribution in [0.25, 0.3) is 0 Å². The van der Waals surface area contributed by atoms with E-state index in [0.717, 1.165) is 16.6 Å². The van der Waals surface area contributed by atoms with Gasteiger partial charge in [-0.05, 0) is 42.8 Å². The van der Waals surface area contributed by atoms with Crippen LogP contribution in [0.4, 0.5) is 10.1 Å². The van der Waals surface area contributed by atoms with Gasteiger partial charge in [0.25, 0.3) is 0 Å². The lowest BCUT2D eigenvalue weighted by Gasteiger charge is -2.11. The van der Waals surface area contributed by atoms with E-state index in [1.165, 1.54) is 6.07 Å². The molecule has 0 saturated heterocycles. The first-order chi connectivity index (χ1) is 10.1. The summed E-state index contributed by atoms with van der Waals surface area (Å²) in [4.78, 5) is 0. The fraction of sp³-hybridized carbons (Fsp3) is 0.250. The number of anilines is 1. The van der Waals surface area contributed by atoms with Gasteiger partial charge < -0.3 is 10.1 Å². The summed E-state index contributed by atoms with van der Waals surface area (Å²) in [5, 5.41) is 3.70. The van der Waals surface area contributed by atoms with Gasteiger partial charge in [0, 0.05) is 22.3 Å². The number of benzene rings is 2. The van der Waals surface area contributed by atoms with Crippen LogP contribution in [0, 0.1) is 5.82 Å². The van der Waals surface area contributed by atoms with Gasteiger partial charge in [0.05, 0.1) is 11.6 Å². The molecule has 0 aromatic heterocycles. The Labute approximate surface area is 137 Å². The first-order valence-corrected chi connectivity index (χ1v) is 7.87. The van der Waals surface area contributed by atoms with Crippen LogP contribution in [-0.2, 0) is 6.54 Å². The molecule has 112 valence electrons. The molecule has 0 atom stereocenters. The zero-order valence-electron chi connectivity index (χ0n) is 11.6. The molecule has 2 aromatic carbocycles. The Balaban J connectivity index is 2.03. The van der Waals surface area contributed by atoms with Crippen LogP contribution in [0.3, 0.4) is 0 Å². The fourth-order valence-electron chi connectivity index (χ4n) is 1.82. The van der Waals surface area contributed by atoms with E-state index in [0.29, 0.717) is 29.5 Å². The highest BCUT2D eigenvalue weighted by molar-refractivity contribution is 9.10. The predicted octanol–water partition coefficient (Wildman–Crippen LogP) is 5.64. The zero-order valence-corrected chi connectivity index (χ0v) is 14.0. The molecule has 5 heteroatoms. The average Bonchev–Trinajstić information content (AvgIpc) is 2.47. The maximum atomic E-state index is 13.6. The minimum absolute atomic E-state index is 0.236. The summed E-state index contributed by atoms with van der Waals surface area (Å²) in [6.07, 6.45) is 0.929. The van der Waals surface area contributed by atoms with Crippen molar-refractivity contribution in [1.82, 2.24) is 0 Å². The number of hydrogen-bond donors (Lipinski definition) is 1. The monoisotopic (exact) mass is 371 g/mol. The topological polar surface area (TPSA) is 21.3 Å². The van der Waals surface area contributed by atoms with Crippen LogP contribution in [0.5, 0.6) is 5.75 Å². The van der Waals surface area contributed by atoms with E-state index in [4.69, 9.17) is 16.3 Å². The molecule has 0 unspecified atom stereocenters. The molecule has 2 rings (SSSR count). The number of nitrogens with one attached hydrogen (secondary N) is 1. The standard InChI is InChI=1S/C16H16BrClFNO/c1-2-7-21-16-6-4-13(9-14(16)18)20-10-11-8-12(17)3-5-15(11)19/h3-6,8-9,20H,2,7,10H2,1H3. The molecule has 0 fully saturated rings. The van der Waals surface area contributed by atoms with Crippen molar-refractivity contribution in [2.45, 2.75) is 19.9 Å². The first kappa shape index (κ1) is 16.1. The van der Waals surface area contributed by atoms with Crippen LogP contribution in [0.1, 0.15) is 18.9 Å². The molecule has 0 saturated carbocycles. The summed E-state index contributed by atoms with van der Waals surface area (Å²) >= 11 is 9.49. The lowest BCUT2D eigenvalue weighted by atomic mass is 10.2. The molecular formula is C16H16BrClFNO. The minimum atomic E-state index is -0.236. The van der Waals surface area contributed by atoms with Crippen molar-refractivity contribution in [2.24, 2.45) is 0 Å². The zero-order chi connectivity index (χ0) is 15.2. The van der Waals surface area contributed by atoms with Crippen molar-refractivity contribution < 1.29 is 9.13 Å². The highest BCUT2D eigenvalue weighted by atomic mass is 79.9. The van der Waals surface area contributed by atoms with Crippen molar-refractivity contribution >= 4 is 33.2 Å². The second kappa shape index (κ2) is 7.66. The maximum absolute atomic E-state index is 13.6. The molecule has 1 N–H and O–H groups in total. The molecule has 2 nitrogen and oxygen atoms in total. The van der Waals surface area contributed by atoms with Crippen LogP contribution >= 0.6 is 27.5 Å². The number of hydrogen-bond acceptors (Lipinski definition) is 2. The second-order valence-corrected chi connectivity index (χ2v) is 5.91. The molecule has 0 aliphatic heterocycles. The smallest absolute Gasteiger partial charge is 0.138 e. The molecule has 0 heterocycles. The largest absolute Gasteiger partial charge is 0.492 e. The van der Waals surface area contributed by atoms with Crippen LogP contribution in [-0.4, -0.2) is 6.61 Å². The number of halogens is 3. The van der Waals surface area contributed by atoms with Crippen LogP contribution in [0.15, 0.2) is 40.9 Å². The van der Waals surface area contributed by atoms with Crippen molar-refractivity contribution in [2.75, 3.05) is 11.9 Å². The van der Waals surface area contributed by atoms with Gasteiger partial charge in [-0.15, -0.1) is 0 Å². The summed E-state index contributed by atoms with van der Waals surface area (Å²) in [7, 11) is 0. The summed E-state index contributed by atoms with van der Waals surface area (Å²) in [6, 6.07) is 10.3. The average molecular weight is 373 g/mol. The van der Waals surface area contributed by atoms with Crippen LogP contribution < -0.4 is 10.1 Å². The molecule has 2 aromatic rings. The third-order valence-corrected chi connectivity index (χ3v) is 3.67. The molecule has 0 aliphatic carbocycles. The van der Waals surface area contributed by atoms with Crippen molar-refractivity contribution in [3.05, 3.63) is 57.3 Å².